The van der Waals surface area contributed by atoms with Crippen LogP contribution in [0.5, 0.6) is 0 Å². The summed E-state index contributed by atoms with van der Waals surface area (Å²) in [6.45, 7) is 0.950. The number of nitrogens with one attached hydrogen (secondary N) is 1. The van der Waals surface area contributed by atoms with Crippen LogP contribution in [-0.4, -0.2) is 18.1 Å². The van der Waals surface area contributed by atoms with Crippen molar-refractivity contribution in [1.82, 2.24) is 0 Å². The van der Waals surface area contributed by atoms with Crippen LogP contribution >= 0.6 is 0 Å². The van der Waals surface area contributed by atoms with Crippen LogP contribution in [0.1, 0.15) is 0 Å². The van der Waals surface area contributed by atoms with Crippen LogP contribution in [0.15, 0.2) is 24.3 Å². The van der Waals surface area contributed by atoms with E-state index in [2.05, 4.69) is 10.2 Å². The Labute approximate surface area is 80.8 Å². The summed E-state index contributed by atoms with van der Waals surface area (Å²) in [4.78, 5) is 14.2. The maximum absolute atomic E-state index is 10.3. The van der Waals surface area contributed by atoms with Gasteiger partial charge in [0.15, 0.2) is 0 Å². The number of hydrogen-bond donors (Lipinski definition) is 2. The molecule has 0 saturated carbocycles. The van der Waals surface area contributed by atoms with E-state index in [1.54, 1.807) is 12.1 Å². The molecule has 0 aliphatic rings. The Morgan fingerprint density at radius 1 is 1.43 bits per heavy atom. The number of non-ortho nitro benzene ring substituents is 1. The average molecular weight is 197 g/mol. The molecule has 6 nitrogen and oxygen atoms in total. The standard InChI is InChI=1S/C8H11N3O3/c9-14-6-5-10-7-1-3-8(4-2-7)11(12)13/h1-4,10H,5-6,9H2. The van der Waals surface area contributed by atoms with E-state index >= 15 is 0 Å². The Morgan fingerprint density at radius 3 is 2.57 bits per heavy atom. The van der Waals surface area contributed by atoms with Crippen molar-refractivity contribution in [2.24, 2.45) is 5.90 Å². The molecule has 3 N–H and O–H groups in total. The van der Waals surface area contributed by atoms with Crippen molar-refractivity contribution in [2.75, 3.05) is 18.5 Å². The third kappa shape index (κ3) is 3.00. The minimum atomic E-state index is -0.438. The van der Waals surface area contributed by atoms with Gasteiger partial charge in [-0.05, 0) is 12.1 Å². The number of nitro benzene ring substituents is 1. The first-order valence-corrected chi connectivity index (χ1v) is 4.04. The lowest BCUT2D eigenvalue weighted by Crippen LogP contribution is -2.12. The summed E-state index contributed by atoms with van der Waals surface area (Å²) < 4.78 is 0. The fourth-order valence-corrected chi connectivity index (χ4v) is 0.955. The lowest BCUT2D eigenvalue weighted by atomic mass is 10.3. The summed E-state index contributed by atoms with van der Waals surface area (Å²) in [5.74, 6) is 4.83. The largest absolute Gasteiger partial charge is 0.383 e. The summed E-state index contributed by atoms with van der Waals surface area (Å²) in [6.07, 6.45) is 0. The van der Waals surface area contributed by atoms with E-state index in [0.29, 0.717) is 13.2 Å². The molecule has 0 aromatic heterocycles. The van der Waals surface area contributed by atoms with Crippen LogP contribution in [0.4, 0.5) is 11.4 Å². The van der Waals surface area contributed by atoms with Crippen molar-refractivity contribution in [1.29, 1.82) is 0 Å². The van der Waals surface area contributed by atoms with Crippen molar-refractivity contribution in [3.8, 4) is 0 Å². The summed E-state index contributed by atoms with van der Waals surface area (Å²) in [5.41, 5.74) is 0.873. The predicted molar refractivity (Wildman–Crippen MR) is 51.7 cm³/mol. The second kappa shape index (κ2) is 5.15. The van der Waals surface area contributed by atoms with Gasteiger partial charge in [-0.3, -0.25) is 10.1 Å². The highest BCUT2D eigenvalue weighted by Crippen LogP contribution is 2.14. The van der Waals surface area contributed by atoms with Gasteiger partial charge in [-0.1, -0.05) is 0 Å². The van der Waals surface area contributed by atoms with Gasteiger partial charge in [0, 0.05) is 24.4 Å². The van der Waals surface area contributed by atoms with Gasteiger partial charge in [0.25, 0.3) is 5.69 Å². The van der Waals surface area contributed by atoms with E-state index in [-0.39, 0.29) is 5.69 Å². The molecular weight excluding hydrogens is 186 g/mol. The molecule has 0 amide bonds. The van der Waals surface area contributed by atoms with Crippen LogP contribution in [0.2, 0.25) is 0 Å². The van der Waals surface area contributed by atoms with Crippen LogP contribution < -0.4 is 11.2 Å². The second-order valence-corrected chi connectivity index (χ2v) is 2.60. The Bertz CT molecular complexity index is 299. The quantitative estimate of drug-likeness (QED) is 0.415. The zero-order valence-corrected chi connectivity index (χ0v) is 7.47. The highest BCUT2D eigenvalue weighted by molar-refractivity contribution is 5.48. The van der Waals surface area contributed by atoms with E-state index in [1.807, 2.05) is 0 Å². The van der Waals surface area contributed by atoms with Crippen LogP contribution in [0, 0.1) is 10.1 Å². The number of nitro groups is 1. The number of benzene rings is 1. The topological polar surface area (TPSA) is 90.4 Å². The Balaban J connectivity index is 2.51. The zero-order chi connectivity index (χ0) is 10.4. The van der Waals surface area contributed by atoms with Crippen molar-refractivity contribution < 1.29 is 9.76 Å². The van der Waals surface area contributed by atoms with E-state index < -0.39 is 4.92 Å². The monoisotopic (exact) mass is 197 g/mol. The van der Waals surface area contributed by atoms with Crippen molar-refractivity contribution in [3.05, 3.63) is 34.4 Å². The molecule has 0 unspecified atom stereocenters. The molecule has 0 spiro atoms. The summed E-state index contributed by atoms with van der Waals surface area (Å²) in [7, 11) is 0. The molecule has 0 bridgehead atoms. The first-order chi connectivity index (χ1) is 6.74. The first-order valence-electron chi connectivity index (χ1n) is 4.04. The molecule has 0 saturated heterocycles. The van der Waals surface area contributed by atoms with Gasteiger partial charge in [-0.25, -0.2) is 5.90 Å². The van der Waals surface area contributed by atoms with Gasteiger partial charge in [0.1, 0.15) is 0 Å². The van der Waals surface area contributed by atoms with Gasteiger partial charge in [0.05, 0.1) is 11.5 Å². The molecule has 1 aromatic carbocycles. The number of anilines is 1. The lowest BCUT2D eigenvalue weighted by molar-refractivity contribution is -0.384. The summed E-state index contributed by atoms with van der Waals surface area (Å²) in [6, 6.07) is 6.14. The molecule has 0 aliphatic heterocycles. The predicted octanol–water partition coefficient (Wildman–Crippen LogP) is 0.897. The molecule has 0 radical (unpaired) electrons. The van der Waals surface area contributed by atoms with Crippen LogP contribution in [-0.2, 0) is 4.84 Å². The summed E-state index contributed by atoms with van der Waals surface area (Å²) >= 11 is 0. The normalized spacial score (nSPS) is 9.79. The Hall–Kier alpha value is -1.66. The fourth-order valence-electron chi connectivity index (χ4n) is 0.955. The van der Waals surface area contributed by atoms with E-state index in [0.717, 1.165) is 5.69 Å². The van der Waals surface area contributed by atoms with Crippen molar-refractivity contribution in [3.63, 3.8) is 0 Å². The van der Waals surface area contributed by atoms with Crippen molar-refractivity contribution in [2.45, 2.75) is 0 Å². The first kappa shape index (κ1) is 10.4. The van der Waals surface area contributed by atoms with E-state index in [4.69, 9.17) is 5.90 Å². The van der Waals surface area contributed by atoms with Crippen LogP contribution in [0.25, 0.3) is 0 Å². The number of nitrogens with zero attached hydrogens (tertiary/aromatic N) is 1. The molecule has 0 fully saturated rings. The molecule has 1 aromatic rings. The molecule has 76 valence electrons. The van der Waals surface area contributed by atoms with Gasteiger partial charge in [-0.2, -0.15) is 0 Å². The molecule has 0 heterocycles. The minimum Gasteiger partial charge on any atom is -0.383 e. The third-order valence-electron chi connectivity index (χ3n) is 1.63. The smallest absolute Gasteiger partial charge is 0.269 e. The molecular formula is C8H11N3O3. The minimum absolute atomic E-state index is 0.0747. The second-order valence-electron chi connectivity index (χ2n) is 2.60. The zero-order valence-electron chi connectivity index (χ0n) is 7.47. The third-order valence-corrected chi connectivity index (χ3v) is 1.63. The Morgan fingerprint density at radius 2 is 2.07 bits per heavy atom. The molecule has 14 heavy (non-hydrogen) atoms. The maximum atomic E-state index is 10.3. The average Bonchev–Trinajstić information content (AvgIpc) is 2.19. The SMILES string of the molecule is NOCCNc1ccc([N+](=O)[O-])cc1. The summed E-state index contributed by atoms with van der Waals surface area (Å²) in [5, 5.41) is 13.3. The Kier molecular flexibility index (Phi) is 3.84. The van der Waals surface area contributed by atoms with Crippen LogP contribution in [0.3, 0.4) is 0 Å². The highest BCUT2D eigenvalue weighted by atomic mass is 16.6. The molecule has 0 aliphatic carbocycles. The maximum Gasteiger partial charge on any atom is 0.269 e. The number of hydrogen-bond acceptors (Lipinski definition) is 5. The molecule has 1 rings (SSSR count). The fraction of sp³-hybridized carbons (Fsp3) is 0.250. The molecule has 0 atom stereocenters. The van der Waals surface area contributed by atoms with Gasteiger partial charge in [-0.15, -0.1) is 0 Å². The lowest BCUT2D eigenvalue weighted by Gasteiger charge is -2.03. The van der Waals surface area contributed by atoms with Crippen molar-refractivity contribution >= 4 is 11.4 Å². The van der Waals surface area contributed by atoms with E-state index in [1.165, 1.54) is 12.1 Å². The molecule has 6 heteroatoms. The number of nitrogens with two attached hydrogens (primary N) is 1. The van der Waals surface area contributed by atoms with Gasteiger partial charge in [0.2, 0.25) is 0 Å². The van der Waals surface area contributed by atoms with Gasteiger partial charge >= 0.3 is 0 Å². The van der Waals surface area contributed by atoms with Gasteiger partial charge < -0.3 is 10.2 Å². The highest BCUT2D eigenvalue weighted by Gasteiger charge is 2.02. The number of rotatable bonds is 5. The van der Waals surface area contributed by atoms with E-state index in [9.17, 15) is 10.1 Å².